The van der Waals surface area contributed by atoms with Gasteiger partial charge in [0.05, 0.1) is 12.2 Å². The highest BCUT2D eigenvalue weighted by Crippen LogP contribution is 2.09. The SMILES string of the molecule is Fc1cccc(NCc2ccccn2)c1. The van der Waals surface area contributed by atoms with E-state index in [1.165, 1.54) is 12.1 Å². The minimum atomic E-state index is -0.235. The molecule has 2 rings (SSSR count). The van der Waals surface area contributed by atoms with Crippen molar-refractivity contribution in [2.45, 2.75) is 6.54 Å². The van der Waals surface area contributed by atoms with Gasteiger partial charge >= 0.3 is 0 Å². The Morgan fingerprint density at radius 2 is 2.07 bits per heavy atom. The molecule has 3 heteroatoms. The molecule has 0 unspecified atom stereocenters. The van der Waals surface area contributed by atoms with Crippen molar-refractivity contribution >= 4 is 5.69 Å². The molecule has 0 saturated heterocycles. The predicted molar refractivity (Wildman–Crippen MR) is 58.0 cm³/mol. The average molecular weight is 202 g/mol. The molecule has 76 valence electrons. The van der Waals surface area contributed by atoms with Crippen LogP contribution in [0.25, 0.3) is 0 Å². The number of rotatable bonds is 3. The number of hydrogen-bond donors (Lipinski definition) is 1. The molecule has 0 aliphatic heterocycles. The van der Waals surface area contributed by atoms with E-state index in [4.69, 9.17) is 0 Å². The van der Waals surface area contributed by atoms with E-state index in [0.29, 0.717) is 6.54 Å². The molecule has 1 heterocycles. The van der Waals surface area contributed by atoms with Gasteiger partial charge in [0.25, 0.3) is 0 Å². The molecule has 0 saturated carbocycles. The van der Waals surface area contributed by atoms with Crippen molar-refractivity contribution in [3.63, 3.8) is 0 Å². The normalized spacial score (nSPS) is 9.93. The lowest BCUT2D eigenvalue weighted by atomic mass is 10.3. The lowest BCUT2D eigenvalue weighted by molar-refractivity contribution is 0.628. The van der Waals surface area contributed by atoms with Crippen LogP contribution in [0.5, 0.6) is 0 Å². The van der Waals surface area contributed by atoms with E-state index in [-0.39, 0.29) is 5.82 Å². The van der Waals surface area contributed by atoms with Crippen molar-refractivity contribution in [3.05, 3.63) is 60.2 Å². The van der Waals surface area contributed by atoms with Crippen LogP contribution in [0.15, 0.2) is 48.7 Å². The molecule has 2 nitrogen and oxygen atoms in total. The lowest BCUT2D eigenvalue weighted by Gasteiger charge is -2.05. The fourth-order valence-corrected chi connectivity index (χ4v) is 1.29. The van der Waals surface area contributed by atoms with Gasteiger partial charge in [-0.15, -0.1) is 0 Å². The fraction of sp³-hybridized carbons (Fsp3) is 0.0833. The first-order chi connectivity index (χ1) is 7.34. The predicted octanol–water partition coefficient (Wildman–Crippen LogP) is 2.83. The van der Waals surface area contributed by atoms with E-state index in [0.717, 1.165) is 11.4 Å². The van der Waals surface area contributed by atoms with Crippen molar-refractivity contribution in [2.75, 3.05) is 5.32 Å². The van der Waals surface area contributed by atoms with Crippen molar-refractivity contribution in [2.24, 2.45) is 0 Å². The van der Waals surface area contributed by atoms with Crippen LogP contribution in [0.3, 0.4) is 0 Å². The van der Waals surface area contributed by atoms with Gasteiger partial charge in [0, 0.05) is 11.9 Å². The Bertz CT molecular complexity index is 429. The quantitative estimate of drug-likeness (QED) is 0.827. The minimum Gasteiger partial charge on any atom is -0.379 e. The number of halogens is 1. The molecule has 1 N–H and O–H groups in total. The van der Waals surface area contributed by atoms with Crippen LogP contribution < -0.4 is 5.32 Å². The molecular formula is C12H11FN2. The number of pyridine rings is 1. The van der Waals surface area contributed by atoms with E-state index < -0.39 is 0 Å². The summed E-state index contributed by atoms with van der Waals surface area (Å²) >= 11 is 0. The zero-order chi connectivity index (χ0) is 10.5. The lowest BCUT2D eigenvalue weighted by Crippen LogP contribution is -2.00. The highest BCUT2D eigenvalue weighted by atomic mass is 19.1. The fourth-order valence-electron chi connectivity index (χ4n) is 1.29. The van der Waals surface area contributed by atoms with Gasteiger partial charge in [0.15, 0.2) is 0 Å². The van der Waals surface area contributed by atoms with Crippen LogP contribution in [0, 0.1) is 5.82 Å². The highest BCUT2D eigenvalue weighted by Gasteiger charge is 1.95. The Labute approximate surface area is 87.8 Å². The molecule has 0 radical (unpaired) electrons. The van der Waals surface area contributed by atoms with Gasteiger partial charge in [0.1, 0.15) is 5.82 Å². The third-order valence-corrected chi connectivity index (χ3v) is 2.02. The minimum absolute atomic E-state index is 0.235. The summed E-state index contributed by atoms with van der Waals surface area (Å²) in [5.41, 5.74) is 1.70. The van der Waals surface area contributed by atoms with Gasteiger partial charge < -0.3 is 5.32 Å². The molecule has 0 aliphatic carbocycles. The second kappa shape index (κ2) is 4.55. The van der Waals surface area contributed by atoms with Crippen LogP contribution in [0.2, 0.25) is 0 Å². The maximum atomic E-state index is 12.8. The second-order valence-corrected chi connectivity index (χ2v) is 3.18. The van der Waals surface area contributed by atoms with Gasteiger partial charge in [-0.1, -0.05) is 12.1 Å². The molecule has 15 heavy (non-hydrogen) atoms. The standard InChI is InChI=1S/C12H11FN2/c13-10-4-3-6-11(8-10)15-9-12-5-1-2-7-14-12/h1-8,15H,9H2. The third kappa shape index (κ3) is 2.77. The second-order valence-electron chi connectivity index (χ2n) is 3.18. The topological polar surface area (TPSA) is 24.9 Å². The Morgan fingerprint density at radius 1 is 1.13 bits per heavy atom. The molecular weight excluding hydrogens is 191 g/mol. The van der Waals surface area contributed by atoms with Crippen LogP contribution >= 0.6 is 0 Å². The summed E-state index contributed by atoms with van der Waals surface area (Å²) < 4.78 is 12.8. The summed E-state index contributed by atoms with van der Waals surface area (Å²) in [6.45, 7) is 0.601. The van der Waals surface area contributed by atoms with E-state index in [2.05, 4.69) is 10.3 Å². The van der Waals surface area contributed by atoms with E-state index in [1.807, 2.05) is 24.3 Å². The smallest absolute Gasteiger partial charge is 0.125 e. The maximum Gasteiger partial charge on any atom is 0.125 e. The molecule has 0 spiro atoms. The van der Waals surface area contributed by atoms with E-state index in [9.17, 15) is 4.39 Å². The van der Waals surface area contributed by atoms with Crippen LogP contribution in [-0.2, 0) is 6.54 Å². The Hall–Kier alpha value is -1.90. The van der Waals surface area contributed by atoms with Crippen molar-refractivity contribution in [1.29, 1.82) is 0 Å². The summed E-state index contributed by atoms with van der Waals surface area (Å²) in [5.74, 6) is -0.235. The van der Waals surface area contributed by atoms with Crippen LogP contribution in [0.1, 0.15) is 5.69 Å². The zero-order valence-electron chi connectivity index (χ0n) is 8.15. The van der Waals surface area contributed by atoms with Gasteiger partial charge in [-0.2, -0.15) is 0 Å². The van der Waals surface area contributed by atoms with Gasteiger partial charge in [0.2, 0.25) is 0 Å². The Morgan fingerprint density at radius 3 is 2.80 bits per heavy atom. The van der Waals surface area contributed by atoms with Crippen molar-refractivity contribution in [1.82, 2.24) is 4.98 Å². The first kappa shape index (κ1) is 9.65. The number of hydrogen-bond acceptors (Lipinski definition) is 2. The zero-order valence-corrected chi connectivity index (χ0v) is 8.15. The summed E-state index contributed by atoms with van der Waals surface area (Å²) in [5, 5.41) is 3.10. The molecule has 0 atom stereocenters. The van der Waals surface area contributed by atoms with Crippen molar-refractivity contribution < 1.29 is 4.39 Å². The molecule has 0 fully saturated rings. The third-order valence-electron chi connectivity index (χ3n) is 2.02. The largest absolute Gasteiger partial charge is 0.379 e. The number of anilines is 1. The summed E-state index contributed by atoms with van der Waals surface area (Å²) in [6, 6.07) is 12.1. The first-order valence-corrected chi connectivity index (χ1v) is 4.74. The van der Waals surface area contributed by atoms with Gasteiger partial charge in [-0.25, -0.2) is 4.39 Å². The van der Waals surface area contributed by atoms with Crippen LogP contribution in [-0.4, -0.2) is 4.98 Å². The number of nitrogens with zero attached hydrogens (tertiary/aromatic N) is 1. The van der Waals surface area contributed by atoms with E-state index in [1.54, 1.807) is 12.3 Å². The summed E-state index contributed by atoms with van der Waals surface area (Å²) in [7, 11) is 0. The highest BCUT2D eigenvalue weighted by molar-refractivity contribution is 5.43. The monoisotopic (exact) mass is 202 g/mol. The number of aromatic nitrogens is 1. The molecule has 1 aromatic heterocycles. The maximum absolute atomic E-state index is 12.8. The number of benzene rings is 1. The Balaban J connectivity index is 1.99. The summed E-state index contributed by atoms with van der Waals surface area (Å²) in [4.78, 5) is 4.16. The molecule has 2 aromatic rings. The average Bonchev–Trinajstić information content (AvgIpc) is 2.28. The molecule has 0 aliphatic rings. The number of nitrogens with one attached hydrogen (secondary N) is 1. The summed E-state index contributed by atoms with van der Waals surface area (Å²) in [6.07, 6.45) is 1.74. The first-order valence-electron chi connectivity index (χ1n) is 4.74. The van der Waals surface area contributed by atoms with Crippen LogP contribution in [0.4, 0.5) is 10.1 Å². The molecule has 1 aromatic carbocycles. The van der Waals surface area contributed by atoms with Gasteiger partial charge in [-0.05, 0) is 30.3 Å². The molecule has 0 amide bonds. The van der Waals surface area contributed by atoms with Gasteiger partial charge in [-0.3, -0.25) is 4.98 Å². The van der Waals surface area contributed by atoms with E-state index >= 15 is 0 Å². The van der Waals surface area contributed by atoms with Crippen molar-refractivity contribution in [3.8, 4) is 0 Å². The molecule has 0 bridgehead atoms. The Kier molecular flexibility index (Phi) is 2.93.